The lowest BCUT2D eigenvalue weighted by atomic mass is 10.3. The molecule has 1 aromatic carbocycles. The molecule has 0 aromatic heterocycles. The Morgan fingerprint density at radius 3 is 2.56 bits per heavy atom. The second kappa shape index (κ2) is 5.76. The summed E-state index contributed by atoms with van der Waals surface area (Å²) in [6.07, 6.45) is 2.49. The first-order chi connectivity index (χ1) is 8.68. The lowest BCUT2D eigenvalue weighted by Crippen LogP contribution is -2.36. The van der Waals surface area contributed by atoms with Crippen LogP contribution in [-0.2, 0) is 0 Å². The average Bonchev–Trinajstić information content (AvgIpc) is 3.23. The van der Waals surface area contributed by atoms with Gasteiger partial charge in [-0.1, -0.05) is 18.2 Å². The van der Waals surface area contributed by atoms with Gasteiger partial charge in [-0.05, 0) is 25.0 Å². The molecule has 4 heteroatoms. The molecule has 0 saturated heterocycles. The van der Waals surface area contributed by atoms with E-state index in [1.165, 1.54) is 18.5 Å². The van der Waals surface area contributed by atoms with E-state index in [9.17, 15) is 0 Å². The quantitative estimate of drug-likeness (QED) is 0.633. The predicted octanol–water partition coefficient (Wildman–Crippen LogP) is 1.53. The second-order valence-electron chi connectivity index (χ2n) is 4.84. The Kier molecular flexibility index (Phi) is 4.07. The number of guanidine groups is 1. The van der Waals surface area contributed by atoms with Gasteiger partial charge in [-0.3, -0.25) is 4.99 Å². The summed E-state index contributed by atoms with van der Waals surface area (Å²) >= 11 is 0. The van der Waals surface area contributed by atoms with Gasteiger partial charge >= 0.3 is 0 Å². The smallest absolute Gasteiger partial charge is 0.191 e. The summed E-state index contributed by atoms with van der Waals surface area (Å²) in [4.78, 5) is 8.70. The summed E-state index contributed by atoms with van der Waals surface area (Å²) < 4.78 is 0. The van der Waals surface area contributed by atoms with Crippen molar-refractivity contribution in [2.75, 3.05) is 32.1 Å². The maximum absolute atomic E-state index is 5.94. The lowest BCUT2D eigenvalue weighted by Gasteiger charge is -2.20. The molecule has 1 fully saturated rings. The molecular formula is C14H22N4. The molecule has 1 saturated carbocycles. The third-order valence-corrected chi connectivity index (χ3v) is 3.36. The molecule has 1 aliphatic rings. The van der Waals surface area contributed by atoms with Crippen molar-refractivity contribution in [3.05, 3.63) is 30.3 Å². The minimum atomic E-state index is 0.626. The number of aliphatic imine (C=N–C) groups is 1. The van der Waals surface area contributed by atoms with Crippen LogP contribution in [0.1, 0.15) is 12.8 Å². The highest BCUT2D eigenvalue weighted by molar-refractivity contribution is 5.78. The van der Waals surface area contributed by atoms with Crippen molar-refractivity contribution in [2.45, 2.75) is 18.9 Å². The standard InChI is InChI=1S/C14H22N4/c1-17(12-6-4-3-5-7-12)11-10-16-14(15)18(2)13-8-9-13/h3-7,13H,8-11H2,1-2H3,(H2,15,16). The summed E-state index contributed by atoms with van der Waals surface area (Å²) in [7, 11) is 4.10. The van der Waals surface area contributed by atoms with Crippen LogP contribution in [-0.4, -0.2) is 44.1 Å². The number of para-hydroxylation sites is 1. The first-order valence-corrected chi connectivity index (χ1v) is 6.47. The van der Waals surface area contributed by atoms with E-state index in [-0.39, 0.29) is 0 Å². The van der Waals surface area contributed by atoms with Gasteiger partial charge in [0.05, 0.1) is 6.54 Å². The van der Waals surface area contributed by atoms with Gasteiger partial charge in [0.1, 0.15) is 0 Å². The maximum Gasteiger partial charge on any atom is 0.191 e. The number of likely N-dealkylation sites (N-methyl/N-ethyl adjacent to an activating group) is 1. The Morgan fingerprint density at radius 2 is 1.94 bits per heavy atom. The molecule has 2 N–H and O–H groups in total. The Bertz CT molecular complexity index is 398. The van der Waals surface area contributed by atoms with Gasteiger partial charge in [0.25, 0.3) is 0 Å². The molecule has 0 aliphatic heterocycles. The molecule has 1 aromatic rings. The van der Waals surface area contributed by atoms with E-state index in [0.717, 1.165) is 13.1 Å². The zero-order chi connectivity index (χ0) is 13.0. The molecule has 1 aliphatic carbocycles. The van der Waals surface area contributed by atoms with Crippen LogP contribution >= 0.6 is 0 Å². The predicted molar refractivity (Wildman–Crippen MR) is 77.0 cm³/mol. The van der Waals surface area contributed by atoms with Crippen molar-refractivity contribution in [1.29, 1.82) is 0 Å². The Morgan fingerprint density at radius 1 is 1.28 bits per heavy atom. The van der Waals surface area contributed by atoms with Crippen molar-refractivity contribution < 1.29 is 0 Å². The van der Waals surface area contributed by atoms with Crippen LogP contribution in [0.4, 0.5) is 5.69 Å². The van der Waals surface area contributed by atoms with Gasteiger partial charge in [0.15, 0.2) is 5.96 Å². The Balaban J connectivity index is 1.79. The maximum atomic E-state index is 5.94. The zero-order valence-corrected chi connectivity index (χ0v) is 11.2. The topological polar surface area (TPSA) is 44.9 Å². The average molecular weight is 246 g/mol. The molecule has 2 rings (SSSR count). The molecule has 0 atom stereocenters. The molecule has 0 heterocycles. The van der Waals surface area contributed by atoms with Crippen molar-refractivity contribution >= 4 is 11.6 Å². The minimum absolute atomic E-state index is 0.626. The van der Waals surface area contributed by atoms with Crippen LogP contribution in [0.2, 0.25) is 0 Å². The number of anilines is 1. The summed E-state index contributed by atoms with van der Waals surface area (Å²) in [5.74, 6) is 0.666. The Labute approximate surface area is 109 Å². The monoisotopic (exact) mass is 246 g/mol. The second-order valence-corrected chi connectivity index (χ2v) is 4.84. The third kappa shape index (κ3) is 3.39. The number of hydrogen-bond acceptors (Lipinski definition) is 2. The van der Waals surface area contributed by atoms with Crippen molar-refractivity contribution in [3.8, 4) is 0 Å². The number of nitrogens with two attached hydrogens (primary N) is 1. The largest absolute Gasteiger partial charge is 0.373 e. The molecule has 98 valence electrons. The van der Waals surface area contributed by atoms with Gasteiger partial charge in [0, 0.05) is 32.4 Å². The number of nitrogens with zero attached hydrogens (tertiary/aromatic N) is 3. The molecule has 4 nitrogen and oxygen atoms in total. The van der Waals surface area contributed by atoms with Crippen LogP contribution < -0.4 is 10.6 Å². The highest BCUT2D eigenvalue weighted by Gasteiger charge is 2.27. The van der Waals surface area contributed by atoms with Gasteiger partial charge in [-0.25, -0.2) is 0 Å². The van der Waals surface area contributed by atoms with Gasteiger partial charge in [-0.15, -0.1) is 0 Å². The summed E-state index contributed by atoms with van der Waals surface area (Å²) in [5, 5.41) is 0. The molecule has 18 heavy (non-hydrogen) atoms. The minimum Gasteiger partial charge on any atom is -0.373 e. The van der Waals surface area contributed by atoms with Crippen LogP contribution in [0, 0.1) is 0 Å². The zero-order valence-electron chi connectivity index (χ0n) is 11.2. The highest BCUT2D eigenvalue weighted by Crippen LogP contribution is 2.24. The van der Waals surface area contributed by atoms with Crippen molar-refractivity contribution in [1.82, 2.24) is 4.90 Å². The van der Waals surface area contributed by atoms with E-state index in [4.69, 9.17) is 5.73 Å². The van der Waals surface area contributed by atoms with Crippen LogP contribution in [0.25, 0.3) is 0 Å². The first-order valence-electron chi connectivity index (χ1n) is 6.47. The highest BCUT2D eigenvalue weighted by atomic mass is 15.3. The summed E-state index contributed by atoms with van der Waals surface area (Å²) in [6.45, 7) is 1.61. The number of rotatable bonds is 5. The first kappa shape index (κ1) is 12.7. The van der Waals surface area contributed by atoms with E-state index in [1.54, 1.807) is 0 Å². The SMILES string of the molecule is CN(CCN=C(N)N(C)C1CC1)c1ccccc1. The van der Waals surface area contributed by atoms with E-state index in [1.807, 2.05) is 25.2 Å². The number of benzene rings is 1. The molecule has 0 amide bonds. The van der Waals surface area contributed by atoms with E-state index in [2.05, 4.69) is 34.0 Å². The lowest BCUT2D eigenvalue weighted by molar-refractivity contribution is 0.487. The van der Waals surface area contributed by atoms with Crippen molar-refractivity contribution in [3.63, 3.8) is 0 Å². The molecule has 0 spiro atoms. The fraction of sp³-hybridized carbons (Fsp3) is 0.500. The Hall–Kier alpha value is -1.71. The third-order valence-electron chi connectivity index (χ3n) is 3.36. The van der Waals surface area contributed by atoms with E-state index >= 15 is 0 Å². The fourth-order valence-corrected chi connectivity index (χ4v) is 1.89. The summed E-state index contributed by atoms with van der Waals surface area (Å²) in [6, 6.07) is 10.9. The van der Waals surface area contributed by atoms with E-state index < -0.39 is 0 Å². The fourth-order valence-electron chi connectivity index (χ4n) is 1.89. The van der Waals surface area contributed by atoms with Gasteiger partial charge < -0.3 is 15.5 Å². The van der Waals surface area contributed by atoms with Crippen molar-refractivity contribution in [2.24, 2.45) is 10.7 Å². The number of hydrogen-bond donors (Lipinski definition) is 1. The van der Waals surface area contributed by atoms with Crippen LogP contribution in [0.15, 0.2) is 35.3 Å². The molecule has 0 unspecified atom stereocenters. The van der Waals surface area contributed by atoms with Gasteiger partial charge in [-0.2, -0.15) is 0 Å². The molecule has 0 bridgehead atoms. The van der Waals surface area contributed by atoms with Gasteiger partial charge in [0.2, 0.25) is 0 Å². The molecular weight excluding hydrogens is 224 g/mol. The van der Waals surface area contributed by atoms with Crippen LogP contribution in [0.3, 0.4) is 0 Å². The van der Waals surface area contributed by atoms with E-state index in [0.29, 0.717) is 12.0 Å². The molecule has 0 radical (unpaired) electrons. The van der Waals surface area contributed by atoms with Crippen LogP contribution in [0.5, 0.6) is 0 Å². The normalized spacial score (nSPS) is 15.6. The summed E-state index contributed by atoms with van der Waals surface area (Å²) in [5.41, 5.74) is 7.15.